The van der Waals surface area contributed by atoms with Crippen LogP contribution in [-0.2, 0) is 18.3 Å². The van der Waals surface area contributed by atoms with Crippen LogP contribution in [0.4, 0.5) is 0 Å². The standard InChI is InChI=1S/C14H25N5O/c1-18-16-9-11(17-18)8-15-13-4-3-5-14(13)19-7-6-12(10-19)20-2/h9,12-15H,3-8,10H2,1-2H3/t12?,13-,14+/m1/s1. The van der Waals surface area contributed by atoms with E-state index >= 15 is 0 Å². The number of hydrogen-bond acceptors (Lipinski definition) is 5. The zero-order valence-corrected chi connectivity index (χ0v) is 12.5. The van der Waals surface area contributed by atoms with Crippen molar-refractivity contribution in [2.75, 3.05) is 20.2 Å². The third kappa shape index (κ3) is 3.02. The molecule has 0 spiro atoms. The van der Waals surface area contributed by atoms with Gasteiger partial charge in [0.15, 0.2) is 0 Å². The first-order chi connectivity index (χ1) is 9.76. The zero-order valence-electron chi connectivity index (χ0n) is 12.5. The van der Waals surface area contributed by atoms with Gasteiger partial charge in [0.25, 0.3) is 0 Å². The van der Waals surface area contributed by atoms with E-state index in [1.165, 1.54) is 32.2 Å². The van der Waals surface area contributed by atoms with Crippen LogP contribution in [0.5, 0.6) is 0 Å². The summed E-state index contributed by atoms with van der Waals surface area (Å²) in [5, 5.41) is 12.1. The van der Waals surface area contributed by atoms with E-state index in [0.717, 1.165) is 18.8 Å². The molecule has 20 heavy (non-hydrogen) atoms. The fourth-order valence-corrected chi connectivity index (χ4v) is 3.57. The van der Waals surface area contributed by atoms with Crippen molar-refractivity contribution < 1.29 is 4.74 Å². The van der Waals surface area contributed by atoms with Crippen molar-refractivity contribution in [2.24, 2.45) is 7.05 Å². The molecule has 0 aromatic carbocycles. The van der Waals surface area contributed by atoms with Crippen molar-refractivity contribution in [1.29, 1.82) is 0 Å². The van der Waals surface area contributed by atoms with Crippen LogP contribution < -0.4 is 5.32 Å². The van der Waals surface area contributed by atoms with E-state index < -0.39 is 0 Å². The van der Waals surface area contributed by atoms with Crippen molar-refractivity contribution in [3.05, 3.63) is 11.9 Å². The van der Waals surface area contributed by atoms with Crippen LogP contribution in [0.1, 0.15) is 31.4 Å². The predicted octanol–water partition coefficient (Wildman–Crippen LogP) is 0.547. The molecule has 1 aromatic rings. The lowest BCUT2D eigenvalue weighted by Gasteiger charge is -2.29. The molecule has 3 rings (SSSR count). The van der Waals surface area contributed by atoms with Crippen LogP contribution >= 0.6 is 0 Å². The fraction of sp³-hybridized carbons (Fsp3) is 0.857. The van der Waals surface area contributed by atoms with Crippen molar-refractivity contribution in [3.63, 3.8) is 0 Å². The molecule has 1 aliphatic carbocycles. The molecule has 0 radical (unpaired) electrons. The van der Waals surface area contributed by atoms with E-state index in [2.05, 4.69) is 20.4 Å². The third-order valence-electron chi connectivity index (χ3n) is 4.65. The maximum Gasteiger partial charge on any atom is 0.0964 e. The molecule has 2 heterocycles. The lowest BCUT2D eigenvalue weighted by Crippen LogP contribution is -2.46. The molecule has 1 saturated carbocycles. The van der Waals surface area contributed by atoms with E-state index in [-0.39, 0.29) is 0 Å². The number of aromatic nitrogens is 3. The van der Waals surface area contributed by atoms with Gasteiger partial charge >= 0.3 is 0 Å². The Morgan fingerprint density at radius 3 is 3.00 bits per heavy atom. The maximum atomic E-state index is 5.49. The third-order valence-corrected chi connectivity index (χ3v) is 4.65. The molecular formula is C14H25N5O. The number of likely N-dealkylation sites (tertiary alicyclic amines) is 1. The number of methoxy groups -OCH3 is 1. The molecule has 1 N–H and O–H groups in total. The Labute approximate surface area is 120 Å². The lowest BCUT2D eigenvalue weighted by molar-refractivity contribution is 0.0979. The van der Waals surface area contributed by atoms with Gasteiger partial charge in [-0.1, -0.05) is 6.42 Å². The van der Waals surface area contributed by atoms with Gasteiger partial charge in [0.2, 0.25) is 0 Å². The number of hydrogen-bond donors (Lipinski definition) is 1. The van der Waals surface area contributed by atoms with Crippen LogP contribution in [0.25, 0.3) is 0 Å². The summed E-state index contributed by atoms with van der Waals surface area (Å²) < 4.78 is 5.49. The molecule has 2 fully saturated rings. The van der Waals surface area contributed by atoms with Crippen LogP contribution in [0.15, 0.2) is 6.20 Å². The van der Waals surface area contributed by atoms with Crippen molar-refractivity contribution in [1.82, 2.24) is 25.2 Å². The first kappa shape index (κ1) is 14.0. The summed E-state index contributed by atoms with van der Waals surface area (Å²) in [4.78, 5) is 4.22. The fourth-order valence-electron chi connectivity index (χ4n) is 3.57. The molecule has 2 aliphatic rings. The Morgan fingerprint density at radius 2 is 2.30 bits per heavy atom. The minimum absolute atomic E-state index is 0.427. The number of ether oxygens (including phenoxy) is 1. The molecule has 6 heteroatoms. The van der Waals surface area contributed by atoms with Gasteiger partial charge in [-0.2, -0.15) is 15.0 Å². The van der Waals surface area contributed by atoms with Gasteiger partial charge in [0.05, 0.1) is 18.0 Å². The second-order valence-electron chi connectivity index (χ2n) is 5.95. The molecular weight excluding hydrogens is 254 g/mol. The summed E-state index contributed by atoms with van der Waals surface area (Å²) in [6.07, 6.45) is 7.32. The number of nitrogens with zero attached hydrogens (tertiary/aromatic N) is 4. The molecule has 6 nitrogen and oxygen atoms in total. The average Bonchev–Trinajstić information content (AvgIpc) is 3.16. The molecule has 112 valence electrons. The molecule has 1 unspecified atom stereocenters. The number of rotatable bonds is 5. The largest absolute Gasteiger partial charge is 0.380 e. The minimum atomic E-state index is 0.427. The first-order valence-corrected chi connectivity index (χ1v) is 7.61. The summed E-state index contributed by atoms with van der Waals surface area (Å²) in [7, 11) is 3.68. The van der Waals surface area contributed by atoms with E-state index in [1.54, 1.807) is 4.80 Å². The highest BCUT2D eigenvalue weighted by Crippen LogP contribution is 2.28. The second-order valence-corrected chi connectivity index (χ2v) is 5.95. The highest BCUT2D eigenvalue weighted by Gasteiger charge is 2.35. The first-order valence-electron chi connectivity index (χ1n) is 7.61. The topological polar surface area (TPSA) is 55.2 Å². The Morgan fingerprint density at radius 1 is 1.40 bits per heavy atom. The Bertz CT molecular complexity index is 435. The normalized spacial score (nSPS) is 31.2. The van der Waals surface area contributed by atoms with Gasteiger partial charge in [0, 0.05) is 45.9 Å². The maximum absolute atomic E-state index is 5.49. The van der Waals surface area contributed by atoms with Crippen LogP contribution in [0, 0.1) is 0 Å². The summed E-state index contributed by atoms with van der Waals surface area (Å²) in [6.45, 7) is 3.08. The van der Waals surface area contributed by atoms with E-state index in [1.807, 2.05) is 20.4 Å². The SMILES string of the molecule is COC1CCN([C@H]2CCC[C@H]2NCc2cnn(C)n2)C1. The molecule has 1 aromatic heterocycles. The number of nitrogens with one attached hydrogen (secondary N) is 1. The number of aryl methyl sites for hydroxylation is 1. The van der Waals surface area contributed by atoms with Crippen LogP contribution in [0.3, 0.4) is 0 Å². The van der Waals surface area contributed by atoms with Gasteiger partial charge in [0.1, 0.15) is 0 Å². The summed E-state index contributed by atoms with van der Waals surface area (Å²) in [5.74, 6) is 0. The van der Waals surface area contributed by atoms with Crippen LogP contribution in [0.2, 0.25) is 0 Å². The Kier molecular flexibility index (Phi) is 4.33. The quantitative estimate of drug-likeness (QED) is 0.853. The molecule has 0 bridgehead atoms. The lowest BCUT2D eigenvalue weighted by atomic mass is 10.1. The van der Waals surface area contributed by atoms with E-state index in [4.69, 9.17) is 4.74 Å². The van der Waals surface area contributed by atoms with Gasteiger partial charge in [-0.25, -0.2) is 0 Å². The molecule has 0 amide bonds. The van der Waals surface area contributed by atoms with Gasteiger partial charge in [-0.3, -0.25) is 4.90 Å². The van der Waals surface area contributed by atoms with E-state index in [9.17, 15) is 0 Å². The van der Waals surface area contributed by atoms with Gasteiger partial charge in [-0.05, 0) is 19.3 Å². The summed E-state index contributed by atoms with van der Waals surface area (Å²) >= 11 is 0. The highest BCUT2D eigenvalue weighted by atomic mass is 16.5. The Balaban J connectivity index is 1.53. The molecule has 1 aliphatic heterocycles. The molecule has 3 atom stereocenters. The van der Waals surface area contributed by atoms with E-state index in [0.29, 0.717) is 18.2 Å². The summed E-state index contributed by atoms with van der Waals surface area (Å²) in [5.41, 5.74) is 1.02. The average molecular weight is 279 g/mol. The zero-order chi connectivity index (χ0) is 13.9. The predicted molar refractivity (Wildman–Crippen MR) is 76.3 cm³/mol. The Hall–Kier alpha value is -0.980. The monoisotopic (exact) mass is 279 g/mol. The van der Waals surface area contributed by atoms with Crippen molar-refractivity contribution in [3.8, 4) is 0 Å². The second kappa shape index (κ2) is 6.20. The van der Waals surface area contributed by atoms with Crippen molar-refractivity contribution >= 4 is 0 Å². The van der Waals surface area contributed by atoms with Gasteiger partial charge in [-0.15, -0.1) is 0 Å². The molecule has 1 saturated heterocycles. The van der Waals surface area contributed by atoms with Gasteiger partial charge < -0.3 is 10.1 Å². The highest BCUT2D eigenvalue weighted by molar-refractivity contribution is 4.97. The smallest absolute Gasteiger partial charge is 0.0964 e. The summed E-state index contributed by atoms with van der Waals surface area (Å²) in [6, 6.07) is 1.24. The van der Waals surface area contributed by atoms with Crippen LogP contribution in [-0.4, -0.2) is 58.3 Å². The van der Waals surface area contributed by atoms with Crippen molar-refractivity contribution in [2.45, 2.75) is 50.4 Å². The minimum Gasteiger partial charge on any atom is -0.380 e.